The molecule has 3 rings (SSSR count). The quantitative estimate of drug-likeness (QED) is 0.508. The second-order valence-corrected chi connectivity index (χ2v) is 5.36. The van der Waals surface area contributed by atoms with Gasteiger partial charge in [-0.25, -0.2) is 4.99 Å². The van der Waals surface area contributed by atoms with Crippen LogP contribution in [-0.4, -0.2) is 34.5 Å². The lowest BCUT2D eigenvalue weighted by molar-refractivity contribution is 0.100. The first-order valence-electron chi connectivity index (χ1n) is 7.69. The maximum atomic E-state index is 11.8. The van der Waals surface area contributed by atoms with Crippen LogP contribution < -0.4 is 15.8 Å². The number of hydrogen-bond donors (Lipinski definition) is 4. The third-order valence-electron chi connectivity index (χ3n) is 3.58. The van der Waals surface area contributed by atoms with Gasteiger partial charge in [-0.2, -0.15) is 5.10 Å². The van der Waals surface area contributed by atoms with E-state index in [2.05, 4.69) is 20.5 Å². The van der Waals surface area contributed by atoms with Gasteiger partial charge < -0.3 is 20.9 Å². The van der Waals surface area contributed by atoms with Crippen molar-refractivity contribution in [3.05, 3.63) is 59.7 Å². The molecule has 5 N–H and O–H groups in total. The highest BCUT2D eigenvalue weighted by Crippen LogP contribution is 2.27. The maximum Gasteiger partial charge on any atom is 0.256 e. The number of aliphatic imine (C=N–C) groups is 1. The molecule has 132 valence electrons. The van der Waals surface area contributed by atoms with E-state index in [9.17, 15) is 9.90 Å². The van der Waals surface area contributed by atoms with Crippen LogP contribution in [-0.2, 0) is 0 Å². The van der Waals surface area contributed by atoms with Crippen LogP contribution in [0.5, 0.6) is 11.5 Å². The summed E-state index contributed by atoms with van der Waals surface area (Å²) < 4.78 is 5.11. The molecule has 0 saturated heterocycles. The number of phenols is 1. The average molecular weight is 351 g/mol. The molecule has 0 radical (unpaired) electrons. The lowest BCUT2D eigenvalue weighted by Gasteiger charge is -2.05. The second kappa shape index (κ2) is 7.39. The zero-order valence-corrected chi connectivity index (χ0v) is 13.9. The van der Waals surface area contributed by atoms with Gasteiger partial charge in [0.2, 0.25) is 0 Å². The molecule has 0 fully saturated rings. The van der Waals surface area contributed by atoms with Crippen LogP contribution in [0.4, 0.5) is 17.3 Å². The Morgan fingerprint density at radius 2 is 1.92 bits per heavy atom. The highest BCUT2D eigenvalue weighted by atomic mass is 16.5. The van der Waals surface area contributed by atoms with Crippen molar-refractivity contribution in [3.8, 4) is 11.5 Å². The highest BCUT2D eigenvalue weighted by Gasteiger charge is 2.18. The van der Waals surface area contributed by atoms with Gasteiger partial charge in [-0.3, -0.25) is 9.89 Å². The number of aromatic nitrogens is 2. The zero-order chi connectivity index (χ0) is 18.5. The van der Waals surface area contributed by atoms with Gasteiger partial charge in [-0.15, -0.1) is 0 Å². The van der Waals surface area contributed by atoms with E-state index in [4.69, 9.17) is 10.5 Å². The third kappa shape index (κ3) is 3.81. The molecular formula is C18H17N5O3. The van der Waals surface area contributed by atoms with Crippen LogP contribution in [0.2, 0.25) is 0 Å². The second-order valence-electron chi connectivity index (χ2n) is 5.36. The smallest absolute Gasteiger partial charge is 0.256 e. The number of hydrogen-bond acceptors (Lipinski definition) is 6. The number of benzene rings is 2. The van der Waals surface area contributed by atoms with E-state index < -0.39 is 5.91 Å². The summed E-state index contributed by atoms with van der Waals surface area (Å²) >= 11 is 0. The number of nitrogens with one attached hydrogen (secondary N) is 2. The van der Waals surface area contributed by atoms with Crippen molar-refractivity contribution in [2.24, 2.45) is 10.7 Å². The first kappa shape index (κ1) is 17.0. The minimum Gasteiger partial charge on any atom is -0.508 e. The summed E-state index contributed by atoms with van der Waals surface area (Å²) in [5.74, 6) is 0.731. The highest BCUT2D eigenvalue weighted by molar-refractivity contribution is 6.03. The van der Waals surface area contributed by atoms with E-state index in [1.807, 2.05) is 0 Å². The van der Waals surface area contributed by atoms with Crippen molar-refractivity contribution in [2.75, 3.05) is 12.4 Å². The average Bonchev–Trinajstić information content (AvgIpc) is 3.04. The minimum atomic E-state index is -0.660. The standard InChI is InChI=1S/C18H17N5O3/c1-26-14-8-4-12(5-9-14)21-18-15(16(19)25)17(22-23-18)20-10-11-2-6-13(24)7-3-11/h2-10,24H,1H3,(H2,19,25)(H2,21,22,23)/b20-10+. The molecule has 0 unspecified atom stereocenters. The van der Waals surface area contributed by atoms with Crippen LogP contribution in [0.1, 0.15) is 15.9 Å². The number of methoxy groups -OCH3 is 1. The van der Waals surface area contributed by atoms with E-state index in [0.717, 1.165) is 5.56 Å². The fourth-order valence-corrected chi connectivity index (χ4v) is 2.26. The number of carbonyl (C=O) groups is 1. The van der Waals surface area contributed by atoms with E-state index in [-0.39, 0.29) is 22.9 Å². The van der Waals surface area contributed by atoms with E-state index in [1.165, 1.54) is 6.21 Å². The van der Waals surface area contributed by atoms with Gasteiger partial charge >= 0.3 is 0 Å². The van der Waals surface area contributed by atoms with Gasteiger partial charge in [0, 0.05) is 11.9 Å². The minimum absolute atomic E-state index is 0.149. The number of phenolic OH excluding ortho intramolecular Hbond substituents is 1. The normalized spacial score (nSPS) is 10.8. The third-order valence-corrected chi connectivity index (χ3v) is 3.58. The van der Waals surface area contributed by atoms with Gasteiger partial charge in [0.05, 0.1) is 7.11 Å². The molecular weight excluding hydrogens is 334 g/mol. The lowest BCUT2D eigenvalue weighted by atomic mass is 10.2. The Hall–Kier alpha value is -3.81. The monoisotopic (exact) mass is 351 g/mol. The summed E-state index contributed by atoms with van der Waals surface area (Å²) in [6.07, 6.45) is 1.54. The van der Waals surface area contributed by atoms with Crippen molar-refractivity contribution < 1.29 is 14.6 Å². The van der Waals surface area contributed by atoms with Crippen LogP contribution in [0.25, 0.3) is 0 Å². The fraction of sp³-hybridized carbons (Fsp3) is 0.0556. The molecule has 26 heavy (non-hydrogen) atoms. The number of ether oxygens (including phenoxy) is 1. The number of aromatic amines is 1. The molecule has 0 spiro atoms. The lowest BCUT2D eigenvalue weighted by Crippen LogP contribution is -2.12. The molecule has 2 aromatic carbocycles. The molecule has 8 nitrogen and oxygen atoms in total. The molecule has 3 aromatic rings. The summed E-state index contributed by atoms with van der Waals surface area (Å²) in [7, 11) is 1.58. The van der Waals surface area contributed by atoms with Gasteiger partial charge in [-0.05, 0) is 54.1 Å². The molecule has 0 bridgehead atoms. The SMILES string of the molecule is COc1ccc(Nc2n[nH]c(/N=C/c3ccc(O)cc3)c2C(N)=O)cc1. The van der Waals surface area contributed by atoms with Crippen molar-refractivity contribution in [3.63, 3.8) is 0 Å². The number of aromatic hydroxyl groups is 1. The summed E-state index contributed by atoms with van der Waals surface area (Å²) in [6, 6.07) is 13.6. The summed E-state index contributed by atoms with van der Waals surface area (Å²) in [6.45, 7) is 0. The molecule has 0 aliphatic carbocycles. The van der Waals surface area contributed by atoms with Gasteiger partial charge in [-0.1, -0.05) is 0 Å². The summed E-state index contributed by atoms with van der Waals surface area (Å²) in [4.78, 5) is 16.1. The molecule has 0 aliphatic heterocycles. The Bertz CT molecular complexity index is 930. The van der Waals surface area contributed by atoms with Crippen molar-refractivity contribution in [1.29, 1.82) is 0 Å². The Morgan fingerprint density at radius 1 is 1.23 bits per heavy atom. The number of primary amides is 1. The molecule has 0 aliphatic rings. The molecule has 8 heteroatoms. The summed E-state index contributed by atoms with van der Waals surface area (Å²) in [5, 5.41) is 19.1. The fourth-order valence-electron chi connectivity index (χ4n) is 2.26. The number of anilines is 2. The first-order chi connectivity index (χ1) is 12.6. The number of amides is 1. The first-order valence-corrected chi connectivity index (χ1v) is 7.69. The molecule has 1 amide bonds. The predicted octanol–water partition coefficient (Wildman–Crippen LogP) is 2.72. The van der Waals surface area contributed by atoms with Crippen molar-refractivity contribution in [1.82, 2.24) is 10.2 Å². The van der Waals surface area contributed by atoms with Crippen LogP contribution in [0.3, 0.4) is 0 Å². The number of nitrogens with zero attached hydrogens (tertiary/aromatic N) is 2. The number of H-pyrrole nitrogens is 1. The van der Waals surface area contributed by atoms with Gasteiger partial charge in [0.25, 0.3) is 5.91 Å². The molecule has 0 saturated carbocycles. The van der Waals surface area contributed by atoms with Crippen molar-refractivity contribution >= 4 is 29.4 Å². The largest absolute Gasteiger partial charge is 0.508 e. The number of rotatable bonds is 6. The van der Waals surface area contributed by atoms with E-state index >= 15 is 0 Å². The van der Waals surface area contributed by atoms with E-state index in [0.29, 0.717) is 11.4 Å². The number of carbonyl (C=O) groups excluding carboxylic acids is 1. The topological polar surface area (TPSA) is 126 Å². The molecule has 0 atom stereocenters. The van der Waals surface area contributed by atoms with Crippen LogP contribution >= 0.6 is 0 Å². The zero-order valence-electron chi connectivity index (χ0n) is 13.9. The van der Waals surface area contributed by atoms with E-state index in [1.54, 1.807) is 55.6 Å². The predicted molar refractivity (Wildman–Crippen MR) is 98.7 cm³/mol. The van der Waals surface area contributed by atoms with Gasteiger partial charge in [0.15, 0.2) is 11.6 Å². The Labute approximate surface area is 149 Å². The molecule has 1 aromatic heterocycles. The number of nitrogens with two attached hydrogens (primary N) is 1. The van der Waals surface area contributed by atoms with Crippen molar-refractivity contribution in [2.45, 2.75) is 0 Å². The van der Waals surface area contributed by atoms with Crippen LogP contribution in [0, 0.1) is 0 Å². The van der Waals surface area contributed by atoms with Crippen LogP contribution in [0.15, 0.2) is 53.5 Å². The van der Waals surface area contributed by atoms with Gasteiger partial charge in [0.1, 0.15) is 17.1 Å². The maximum absolute atomic E-state index is 11.8. The molecule has 1 heterocycles. The Kier molecular flexibility index (Phi) is 4.84. The Morgan fingerprint density at radius 3 is 2.54 bits per heavy atom. The Balaban J connectivity index is 1.85. The summed E-state index contributed by atoms with van der Waals surface area (Å²) in [5.41, 5.74) is 7.10.